The topological polar surface area (TPSA) is 50.4 Å². The van der Waals surface area contributed by atoms with Crippen LogP contribution in [0.15, 0.2) is 41.8 Å². The van der Waals surface area contributed by atoms with E-state index in [0.29, 0.717) is 23.0 Å². The Morgan fingerprint density at radius 2 is 2.05 bits per heavy atom. The first-order chi connectivity index (χ1) is 9.69. The van der Waals surface area contributed by atoms with E-state index in [1.807, 2.05) is 17.5 Å². The number of methoxy groups -OCH3 is 1. The third-order valence-electron chi connectivity index (χ3n) is 2.58. The molecular weight excluding hydrogens is 292 g/mol. The summed E-state index contributed by atoms with van der Waals surface area (Å²) < 4.78 is 5.04. The fourth-order valence-corrected chi connectivity index (χ4v) is 2.35. The van der Waals surface area contributed by atoms with Crippen LogP contribution in [0.2, 0.25) is 0 Å². The number of thiophene rings is 1. The van der Waals surface area contributed by atoms with Crippen LogP contribution in [0.3, 0.4) is 0 Å². The molecule has 0 bridgehead atoms. The van der Waals surface area contributed by atoms with Gasteiger partial charge < -0.3 is 10.1 Å². The fourth-order valence-electron chi connectivity index (χ4n) is 1.54. The van der Waals surface area contributed by atoms with E-state index in [9.17, 15) is 4.79 Å². The van der Waals surface area contributed by atoms with Crippen LogP contribution in [0.5, 0.6) is 5.75 Å². The van der Waals surface area contributed by atoms with Gasteiger partial charge in [-0.2, -0.15) is 0 Å². The van der Waals surface area contributed by atoms with Crippen molar-refractivity contribution in [2.24, 2.45) is 0 Å². The summed E-state index contributed by atoms with van der Waals surface area (Å²) in [7, 11) is 1.58. The van der Waals surface area contributed by atoms with Crippen LogP contribution in [0.25, 0.3) is 0 Å². The minimum atomic E-state index is -0.240. The summed E-state index contributed by atoms with van der Waals surface area (Å²) in [6.45, 7) is 0.611. The molecule has 0 spiro atoms. The molecule has 2 rings (SSSR count). The minimum Gasteiger partial charge on any atom is -0.497 e. The standard InChI is InChI=1S/C14H14N2O2S2/c1-18-11-6-4-10(5-7-11)13(17)16-14(19)15-9-12-3-2-8-20-12/h2-8H,9H2,1H3,(H2,15,16,17,19). The highest BCUT2D eigenvalue weighted by atomic mass is 32.1. The molecule has 6 heteroatoms. The fraction of sp³-hybridized carbons (Fsp3) is 0.143. The lowest BCUT2D eigenvalue weighted by atomic mass is 10.2. The Bertz CT molecular complexity index is 580. The third kappa shape index (κ3) is 4.04. The van der Waals surface area contributed by atoms with Crippen molar-refractivity contribution in [2.75, 3.05) is 7.11 Å². The molecule has 0 atom stereocenters. The maximum atomic E-state index is 11.9. The molecule has 20 heavy (non-hydrogen) atoms. The smallest absolute Gasteiger partial charge is 0.257 e. The van der Waals surface area contributed by atoms with Gasteiger partial charge in [-0.05, 0) is 47.9 Å². The Morgan fingerprint density at radius 3 is 2.65 bits per heavy atom. The molecule has 2 aromatic rings. The molecule has 1 amide bonds. The second-order valence-corrected chi connectivity index (χ2v) is 5.39. The third-order valence-corrected chi connectivity index (χ3v) is 3.71. The molecule has 0 radical (unpaired) electrons. The first kappa shape index (κ1) is 14.5. The van der Waals surface area contributed by atoms with Gasteiger partial charge in [0.05, 0.1) is 13.7 Å². The van der Waals surface area contributed by atoms with Gasteiger partial charge in [-0.1, -0.05) is 6.07 Å². The monoisotopic (exact) mass is 306 g/mol. The van der Waals surface area contributed by atoms with Crippen molar-refractivity contribution < 1.29 is 9.53 Å². The Labute approximate surface area is 126 Å². The van der Waals surface area contributed by atoms with Crippen molar-refractivity contribution in [3.63, 3.8) is 0 Å². The predicted molar refractivity (Wildman–Crippen MR) is 84.2 cm³/mol. The number of carbonyl (C=O) groups excluding carboxylic acids is 1. The highest BCUT2D eigenvalue weighted by Crippen LogP contribution is 2.11. The number of thiocarbonyl (C=S) groups is 1. The van der Waals surface area contributed by atoms with E-state index in [0.717, 1.165) is 4.88 Å². The number of rotatable bonds is 4. The number of nitrogens with one attached hydrogen (secondary N) is 2. The van der Waals surface area contributed by atoms with Crippen LogP contribution in [0.1, 0.15) is 15.2 Å². The van der Waals surface area contributed by atoms with Gasteiger partial charge in [0.15, 0.2) is 5.11 Å². The average molecular weight is 306 g/mol. The number of benzene rings is 1. The number of carbonyl (C=O) groups is 1. The van der Waals surface area contributed by atoms with Crippen molar-refractivity contribution in [3.8, 4) is 5.75 Å². The molecule has 0 saturated carbocycles. The van der Waals surface area contributed by atoms with Gasteiger partial charge in [-0.3, -0.25) is 10.1 Å². The van der Waals surface area contributed by atoms with E-state index >= 15 is 0 Å². The van der Waals surface area contributed by atoms with Crippen LogP contribution < -0.4 is 15.4 Å². The summed E-state index contributed by atoms with van der Waals surface area (Å²) in [4.78, 5) is 13.1. The Balaban J connectivity index is 1.85. The van der Waals surface area contributed by atoms with Crippen molar-refractivity contribution in [3.05, 3.63) is 52.2 Å². The van der Waals surface area contributed by atoms with E-state index in [2.05, 4.69) is 10.6 Å². The maximum absolute atomic E-state index is 11.9. The predicted octanol–water partition coefficient (Wildman–Crippen LogP) is 2.56. The highest BCUT2D eigenvalue weighted by Gasteiger charge is 2.07. The van der Waals surface area contributed by atoms with E-state index in [4.69, 9.17) is 17.0 Å². The summed E-state index contributed by atoms with van der Waals surface area (Å²) in [5, 5.41) is 7.95. The molecule has 0 fully saturated rings. The molecule has 2 N–H and O–H groups in total. The van der Waals surface area contributed by atoms with Crippen LogP contribution in [-0.2, 0) is 6.54 Å². The first-order valence-corrected chi connectivity index (χ1v) is 7.23. The van der Waals surface area contributed by atoms with E-state index in [-0.39, 0.29) is 5.91 Å². The molecule has 1 aromatic heterocycles. The second kappa shape index (κ2) is 7.02. The summed E-state index contributed by atoms with van der Waals surface area (Å²) >= 11 is 6.72. The number of hydrogen-bond donors (Lipinski definition) is 2. The average Bonchev–Trinajstić information content (AvgIpc) is 2.98. The first-order valence-electron chi connectivity index (χ1n) is 5.94. The zero-order valence-electron chi connectivity index (χ0n) is 10.9. The Hall–Kier alpha value is -1.92. The van der Waals surface area contributed by atoms with Crippen LogP contribution in [0.4, 0.5) is 0 Å². The lowest BCUT2D eigenvalue weighted by Gasteiger charge is -2.09. The molecule has 0 unspecified atom stereocenters. The largest absolute Gasteiger partial charge is 0.497 e. The van der Waals surface area contributed by atoms with Crippen molar-refractivity contribution in [1.29, 1.82) is 0 Å². The minimum absolute atomic E-state index is 0.240. The quantitative estimate of drug-likeness (QED) is 0.853. The van der Waals surface area contributed by atoms with E-state index in [1.165, 1.54) is 0 Å². The van der Waals surface area contributed by atoms with Gasteiger partial charge in [-0.15, -0.1) is 11.3 Å². The molecule has 0 aliphatic heterocycles. The molecular formula is C14H14N2O2S2. The summed E-state index contributed by atoms with van der Waals surface area (Å²) in [5.74, 6) is 0.469. The lowest BCUT2D eigenvalue weighted by Crippen LogP contribution is -2.38. The second-order valence-electron chi connectivity index (χ2n) is 3.94. The van der Waals surface area contributed by atoms with Crippen LogP contribution >= 0.6 is 23.6 Å². The number of ether oxygens (including phenoxy) is 1. The zero-order valence-corrected chi connectivity index (χ0v) is 12.5. The molecule has 1 aromatic carbocycles. The zero-order chi connectivity index (χ0) is 14.4. The maximum Gasteiger partial charge on any atom is 0.257 e. The van der Waals surface area contributed by atoms with Gasteiger partial charge in [-0.25, -0.2) is 0 Å². The highest BCUT2D eigenvalue weighted by molar-refractivity contribution is 7.80. The van der Waals surface area contributed by atoms with Gasteiger partial charge in [0.1, 0.15) is 5.75 Å². The van der Waals surface area contributed by atoms with Crippen LogP contribution in [0, 0.1) is 0 Å². The van der Waals surface area contributed by atoms with Crippen molar-refractivity contribution in [1.82, 2.24) is 10.6 Å². The SMILES string of the molecule is COc1ccc(C(=O)NC(=S)NCc2cccs2)cc1. The molecule has 0 saturated heterocycles. The molecule has 0 aliphatic rings. The van der Waals surface area contributed by atoms with E-state index in [1.54, 1.807) is 42.7 Å². The molecule has 0 aliphatic carbocycles. The molecule has 4 nitrogen and oxygen atoms in total. The lowest BCUT2D eigenvalue weighted by molar-refractivity contribution is 0.0976. The summed E-state index contributed by atoms with van der Waals surface area (Å²) in [6, 6.07) is 10.8. The Kier molecular flexibility index (Phi) is 5.09. The Morgan fingerprint density at radius 1 is 1.30 bits per heavy atom. The van der Waals surface area contributed by atoms with Gasteiger partial charge in [0.2, 0.25) is 0 Å². The van der Waals surface area contributed by atoms with Crippen molar-refractivity contribution >= 4 is 34.6 Å². The number of amides is 1. The molecule has 1 heterocycles. The van der Waals surface area contributed by atoms with Crippen molar-refractivity contribution in [2.45, 2.75) is 6.54 Å². The summed E-state index contributed by atoms with van der Waals surface area (Å²) in [6.07, 6.45) is 0. The van der Waals surface area contributed by atoms with Gasteiger partial charge >= 0.3 is 0 Å². The van der Waals surface area contributed by atoms with Gasteiger partial charge in [0, 0.05) is 10.4 Å². The normalized spacial score (nSPS) is 9.85. The van der Waals surface area contributed by atoms with Crippen LogP contribution in [-0.4, -0.2) is 18.1 Å². The van der Waals surface area contributed by atoms with Gasteiger partial charge in [0.25, 0.3) is 5.91 Å². The molecule has 104 valence electrons. The van der Waals surface area contributed by atoms with E-state index < -0.39 is 0 Å². The summed E-state index contributed by atoms with van der Waals surface area (Å²) in [5.41, 5.74) is 0.533. The number of hydrogen-bond acceptors (Lipinski definition) is 4.